The van der Waals surface area contributed by atoms with Crippen LogP contribution < -0.4 is 0 Å². The van der Waals surface area contributed by atoms with E-state index in [1.54, 1.807) is 0 Å². The summed E-state index contributed by atoms with van der Waals surface area (Å²) in [5.41, 5.74) is 1.73. The Bertz CT molecular complexity index is 525. The number of aryl methyl sites for hydroxylation is 1. The molecule has 1 aliphatic heterocycles. The lowest BCUT2D eigenvalue weighted by Gasteiger charge is -2.20. The number of rotatable bonds is 2. The molecule has 2 rings (SSSR count). The Balaban J connectivity index is 2.08. The maximum Gasteiger partial charge on any atom is 0.151 e. The van der Waals surface area contributed by atoms with E-state index < -0.39 is 9.84 Å². The smallest absolute Gasteiger partial charge is 0.151 e. The zero-order valence-corrected chi connectivity index (χ0v) is 11.4. The molecule has 1 aromatic rings. The normalized spacial score (nSPS) is 20.5. The molecule has 1 aliphatic rings. The number of sulfone groups is 1. The van der Waals surface area contributed by atoms with Gasteiger partial charge in [-0.15, -0.1) is 0 Å². The molecule has 1 N–H and O–H groups in total. The molecular formula is C13H19NO3S. The predicted molar refractivity (Wildman–Crippen MR) is 71.4 cm³/mol. The lowest BCUT2D eigenvalue weighted by molar-refractivity contribution is 0.282. The first-order valence-electron chi connectivity index (χ1n) is 6.18. The van der Waals surface area contributed by atoms with Crippen molar-refractivity contribution in [3.63, 3.8) is 0 Å². The molecule has 100 valence electrons. The number of hydrogen-bond acceptors (Lipinski definition) is 4. The van der Waals surface area contributed by atoms with Gasteiger partial charge in [0.2, 0.25) is 0 Å². The van der Waals surface area contributed by atoms with Crippen molar-refractivity contribution < 1.29 is 13.5 Å². The lowest BCUT2D eigenvalue weighted by Crippen LogP contribution is -2.26. The van der Waals surface area contributed by atoms with Gasteiger partial charge in [-0.25, -0.2) is 8.42 Å². The van der Waals surface area contributed by atoms with Gasteiger partial charge in [-0.2, -0.15) is 0 Å². The van der Waals surface area contributed by atoms with Gasteiger partial charge in [-0.05, 0) is 25.5 Å². The summed E-state index contributed by atoms with van der Waals surface area (Å²) in [5.74, 6) is 0.827. The molecule has 4 nitrogen and oxygen atoms in total. The van der Waals surface area contributed by atoms with Crippen LogP contribution in [-0.2, 0) is 16.4 Å². The van der Waals surface area contributed by atoms with Crippen LogP contribution in [0.1, 0.15) is 17.5 Å². The maximum absolute atomic E-state index is 11.5. The monoisotopic (exact) mass is 269 g/mol. The number of para-hydroxylation sites is 1. The third kappa shape index (κ3) is 3.23. The highest BCUT2D eigenvalue weighted by molar-refractivity contribution is 7.91. The first kappa shape index (κ1) is 13.4. The molecule has 1 saturated heterocycles. The van der Waals surface area contributed by atoms with E-state index in [1.807, 2.05) is 25.1 Å². The second-order valence-electron chi connectivity index (χ2n) is 4.86. The molecule has 0 bridgehead atoms. The Morgan fingerprint density at radius 1 is 1.28 bits per heavy atom. The average Bonchev–Trinajstić information content (AvgIpc) is 2.47. The van der Waals surface area contributed by atoms with Crippen molar-refractivity contribution in [3.05, 3.63) is 29.3 Å². The van der Waals surface area contributed by atoms with Crippen LogP contribution in [0.4, 0.5) is 0 Å². The van der Waals surface area contributed by atoms with E-state index in [1.165, 1.54) is 0 Å². The minimum Gasteiger partial charge on any atom is -0.507 e. The third-order valence-electron chi connectivity index (χ3n) is 3.36. The highest BCUT2D eigenvalue weighted by Gasteiger charge is 2.19. The molecule has 1 heterocycles. The molecule has 5 heteroatoms. The summed E-state index contributed by atoms with van der Waals surface area (Å²) < 4.78 is 23.0. The molecule has 0 unspecified atom stereocenters. The van der Waals surface area contributed by atoms with Gasteiger partial charge in [0.25, 0.3) is 0 Å². The number of phenolic OH excluding ortho intramolecular Hbond substituents is 1. The fourth-order valence-corrected chi connectivity index (χ4v) is 3.55. The first-order chi connectivity index (χ1) is 8.48. The summed E-state index contributed by atoms with van der Waals surface area (Å²) in [6.45, 7) is 3.80. The molecule has 0 saturated carbocycles. The molecule has 0 aromatic heterocycles. The minimum atomic E-state index is -2.87. The highest BCUT2D eigenvalue weighted by atomic mass is 32.2. The van der Waals surface area contributed by atoms with Crippen molar-refractivity contribution in [2.45, 2.75) is 19.9 Å². The zero-order valence-electron chi connectivity index (χ0n) is 10.6. The molecule has 0 spiro atoms. The number of phenols is 1. The highest BCUT2D eigenvalue weighted by Crippen LogP contribution is 2.23. The van der Waals surface area contributed by atoms with Crippen LogP contribution in [0.3, 0.4) is 0 Å². The van der Waals surface area contributed by atoms with Crippen molar-refractivity contribution in [1.29, 1.82) is 0 Å². The third-order valence-corrected chi connectivity index (χ3v) is 5.08. The standard InChI is InChI=1S/C13H19NO3S/c1-11-4-2-5-12(13(11)15)10-14-6-3-8-18(16,17)9-7-14/h2,4-5,15H,3,6-10H2,1H3. The Labute approximate surface area is 108 Å². The Hall–Kier alpha value is -1.07. The second kappa shape index (κ2) is 5.28. The quantitative estimate of drug-likeness (QED) is 0.880. The van der Waals surface area contributed by atoms with Crippen molar-refractivity contribution in [2.75, 3.05) is 24.6 Å². The maximum atomic E-state index is 11.5. The van der Waals surface area contributed by atoms with Crippen LogP contribution >= 0.6 is 0 Å². The number of benzene rings is 1. The largest absolute Gasteiger partial charge is 0.507 e. The molecule has 0 atom stereocenters. The average molecular weight is 269 g/mol. The molecule has 1 fully saturated rings. The Morgan fingerprint density at radius 2 is 2.06 bits per heavy atom. The Morgan fingerprint density at radius 3 is 2.83 bits per heavy atom. The molecular weight excluding hydrogens is 250 g/mol. The molecule has 18 heavy (non-hydrogen) atoms. The van der Waals surface area contributed by atoms with E-state index in [4.69, 9.17) is 0 Å². The summed E-state index contributed by atoms with van der Waals surface area (Å²) in [6, 6.07) is 5.67. The van der Waals surface area contributed by atoms with Crippen LogP contribution in [0.25, 0.3) is 0 Å². The lowest BCUT2D eigenvalue weighted by atomic mass is 10.1. The van der Waals surface area contributed by atoms with Crippen LogP contribution in [0.2, 0.25) is 0 Å². The fourth-order valence-electron chi connectivity index (χ4n) is 2.24. The molecule has 0 amide bonds. The van der Waals surface area contributed by atoms with Crippen LogP contribution in [0.5, 0.6) is 5.75 Å². The van der Waals surface area contributed by atoms with Gasteiger partial charge in [0.05, 0.1) is 11.5 Å². The van der Waals surface area contributed by atoms with Gasteiger partial charge in [-0.1, -0.05) is 18.2 Å². The van der Waals surface area contributed by atoms with E-state index >= 15 is 0 Å². The van der Waals surface area contributed by atoms with Crippen molar-refractivity contribution in [3.8, 4) is 5.75 Å². The predicted octanol–water partition coefficient (Wildman–Crippen LogP) is 1.32. The second-order valence-corrected chi connectivity index (χ2v) is 7.17. The van der Waals surface area contributed by atoms with Crippen LogP contribution in [-0.4, -0.2) is 43.0 Å². The van der Waals surface area contributed by atoms with Crippen molar-refractivity contribution in [2.24, 2.45) is 0 Å². The zero-order chi connectivity index (χ0) is 13.2. The summed E-state index contributed by atoms with van der Waals surface area (Å²) >= 11 is 0. The van der Waals surface area contributed by atoms with Gasteiger partial charge in [0.15, 0.2) is 9.84 Å². The first-order valence-corrected chi connectivity index (χ1v) is 8.00. The van der Waals surface area contributed by atoms with Gasteiger partial charge < -0.3 is 5.11 Å². The summed E-state index contributed by atoms with van der Waals surface area (Å²) in [4.78, 5) is 2.10. The number of hydrogen-bond donors (Lipinski definition) is 1. The van der Waals surface area contributed by atoms with Crippen molar-refractivity contribution in [1.82, 2.24) is 4.90 Å². The summed E-state index contributed by atoms with van der Waals surface area (Å²) in [5, 5.41) is 9.96. The van der Waals surface area contributed by atoms with Gasteiger partial charge in [0, 0.05) is 18.7 Å². The van der Waals surface area contributed by atoms with E-state index in [-0.39, 0.29) is 11.5 Å². The topological polar surface area (TPSA) is 57.6 Å². The van der Waals surface area contributed by atoms with Crippen LogP contribution in [0, 0.1) is 6.92 Å². The number of nitrogens with zero attached hydrogens (tertiary/aromatic N) is 1. The minimum absolute atomic E-state index is 0.222. The van der Waals surface area contributed by atoms with Crippen LogP contribution in [0.15, 0.2) is 18.2 Å². The van der Waals surface area contributed by atoms with Gasteiger partial charge >= 0.3 is 0 Å². The van der Waals surface area contributed by atoms with E-state index in [9.17, 15) is 13.5 Å². The molecule has 0 radical (unpaired) electrons. The fraction of sp³-hybridized carbons (Fsp3) is 0.538. The van der Waals surface area contributed by atoms with E-state index in [2.05, 4.69) is 4.90 Å². The summed E-state index contributed by atoms with van der Waals surface area (Å²) in [6.07, 6.45) is 0.676. The Kier molecular flexibility index (Phi) is 3.92. The van der Waals surface area contributed by atoms with E-state index in [0.29, 0.717) is 25.3 Å². The number of aromatic hydroxyl groups is 1. The van der Waals surface area contributed by atoms with E-state index in [0.717, 1.165) is 17.7 Å². The van der Waals surface area contributed by atoms with Gasteiger partial charge in [0.1, 0.15) is 5.75 Å². The van der Waals surface area contributed by atoms with Crippen molar-refractivity contribution >= 4 is 9.84 Å². The molecule has 1 aromatic carbocycles. The van der Waals surface area contributed by atoms with Gasteiger partial charge in [-0.3, -0.25) is 4.90 Å². The SMILES string of the molecule is Cc1cccc(CN2CCCS(=O)(=O)CC2)c1O. The summed E-state index contributed by atoms with van der Waals surface area (Å²) in [7, 11) is -2.87. The molecule has 0 aliphatic carbocycles.